The van der Waals surface area contributed by atoms with Crippen LogP contribution in [0.5, 0.6) is 0 Å². The molecule has 0 saturated carbocycles. The first-order valence-corrected chi connectivity index (χ1v) is 11.1. The summed E-state index contributed by atoms with van der Waals surface area (Å²) < 4.78 is 15.4. The van der Waals surface area contributed by atoms with Gasteiger partial charge in [0.25, 0.3) is 5.91 Å². The highest BCUT2D eigenvalue weighted by molar-refractivity contribution is 9.10. The Morgan fingerprint density at radius 3 is 2.41 bits per heavy atom. The minimum atomic E-state index is -1.02. The average molecular weight is 523 g/mol. The molecule has 3 amide bonds. The number of aromatic nitrogens is 1. The molecule has 1 aromatic heterocycles. The van der Waals surface area contributed by atoms with E-state index >= 15 is 0 Å². The van der Waals surface area contributed by atoms with E-state index in [1.807, 2.05) is 26.0 Å². The Labute approximate surface area is 203 Å². The zero-order valence-corrected chi connectivity index (χ0v) is 19.9. The summed E-state index contributed by atoms with van der Waals surface area (Å²) in [6, 6.07) is 17.7. The van der Waals surface area contributed by atoms with Crippen molar-refractivity contribution in [1.29, 1.82) is 0 Å². The fraction of sp³-hybridized carbons (Fsp3) is 0.0800. The second-order valence-electron chi connectivity index (χ2n) is 7.75. The number of nitrogens with zero attached hydrogens (tertiary/aromatic N) is 1. The summed E-state index contributed by atoms with van der Waals surface area (Å²) in [5, 5.41) is 5.87. The molecule has 9 heteroatoms. The lowest BCUT2D eigenvalue weighted by molar-refractivity contribution is -0.133. The third kappa shape index (κ3) is 4.99. The van der Waals surface area contributed by atoms with Gasteiger partial charge in [0.2, 0.25) is 0 Å². The quantitative estimate of drug-likeness (QED) is 0.325. The van der Waals surface area contributed by atoms with Crippen molar-refractivity contribution in [3.8, 4) is 0 Å². The average Bonchev–Trinajstić information content (AvgIpc) is 3.13. The summed E-state index contributed by atoms with van der Waals surface area (Å²) in [5.74, 6) is -3.05. The van der Waals surface area contributed by atoms with Crippen LogP contribution in [0.1, 0.15) is 21.6 Å². The molecule has 0 aliphatic carbocycles. The Morgan fingerprint density at radius 2 is 1.68 bits per heavy atom. The van der Waals surface area contributed by atoms with E-state index in [4.69, 9.17) is 0 Å². The molecule has 0 fully saturated rings. The van der Waals surface area contributed by atoms with E-state index < -0.39 is 23.5 Å². The second-order valence-corrected chi connectivity index (χ2v) is 8.66. The highest BCUT2D eigenvalue weighted by Gasteiger charge is 2.21. The molecule has 0 aliphatic rings. The lowest BCUT2D eigenvalue weighted by atomic mass is 10.1. The Hall–Kier alpha value is -3.98. The van der Waals surface area contributed by atoms with Gasteiger partial charge in [0.05, 0.1) is 5.52 Å². The van der Waals surface area contributed by atoms with E-state index in [2.05, 4.69) is 32.0 Å². The van der Waals surface area contributed by atoms with Gasteiger partial charge in [-0.2, -0.15) is 0 Å². The van der Waals surface area contributed by atoms with Gasteiger partial charge in [-0.15, -0.1) is 0 Å². The van der Waals surface area contributed by atoms with Gasteiger partial charge < -0.3 is 10.6 Å². The normalized spacial score (nSPS) is 10.7. The largest absolute Gasteiger partial charge is 0.328 e. The molecule has 3 N–H and O–H groups in total. The summed E-state index contributed by atoms with van der Waals surface area (Å²) >= 11 is 3.40. The van der Waals surface area contributed by atoms with Crippen molar-refractivity contribution in [2.75, 3.05) is 16.1 Å². The molecule has 0 unspecified atom stereocenters. The predicted molar refractivity (Wildman–Crippen MR) is 133 cm³/mol. The van der Waals surface area contributed by atoms with Crippen LogP contribution in [0.25, 0.3) is 10.9 Å². The van der Waals surface area contributed by atoms with E-state index in [-0.39, 0.29) is 11.4 Å². The summed E-state index contributed by atoms with van der Waals surface area (Å²) in [5.41, 5.74) is 5.82. The molecule has 0 atom stereocenters. The standard InChI is InChI=1S/C25H20BrFN4O3/c1-14-6-8-20(15(2)10-14)29-23(32)22-12-16-11-17(26)7-9-21(16)31(22)30-25(34)24(33)28-19-5-3-4-18(27)13-19/h3-13H,1-2H3,(H,28,33)(H,29,32)(H,30,34). The van der Waals surface area contributed by atoms with Crippen LogP contribution in [0.3, 0.4) is 0 Å². The number of aryl methyl sites for hydroxylation is 2. The Morgan fingerprint density at radius 1 is 0.882 bits per heavy atom. The van der Waals surface area contributed by atoms with Crippen molar-refractivity contribution in [3.05, 3.63) is 93.8 Å². The topological polar surface area (TPSA) is 92.2 Å². The minimum Gasteiger partial charge on any atom is -0.320 e. The number of fused-ring (bicyclic) bond motifs is 1. The molecule has 34 heavy (non-hydrogen) atoms. The molecule has 1 heterocycles. The number of hydrogen-bond donors (Lipinski definition) is 3. The van der Waals surface area contributed by atoms with Crippen LogP contribution in [0.4, 0.5) is 15.8 Å². The molecule has 3 aromatic carbocycles. The molecule has 7 nitrogen and oxygen atoms in total. The van der Waals surface area contributed by atoms with Gasteiger partial charge in [0, 0.05) is 21.2 Å². The number of carbonyl (C=O) groups is 3. The summed E-state index contributed by atoms with van der Waals surface area (Å²) in [6.07, 6.45) is 0. The van der Waals surface area contributed by atoms with Crippen molar-refractivity contribution in [1.82, 2.24) is 4.68 Å². The molecular weight excluding hydrogens is 503 g/mol. The highest BCUT2D eigenvalue weighted by atomic mass is 79.9. The lowest BCUT2D eigenvalue weighted by Gasteiger charge is -2.14. The second kappa shape index (κ2) is 9.48. The lowest BCUT2D eigenvalue weighted by Crippen LogP contribution is -2.36. The highest BCUT2D eigenvalue weighted by Crippen LogP contribution is 2.24. The van der Waals surface area contributed by atoms with Crippen LogP contribution in [0, 0.1) is 19.7 Å². The molecule has 4 rings (SSSR count). The fourth-order valence-corrected chi connectivity index (χ4v) is 3.90. The van der Waals surface area contributed by atoms with E-state index in [9.17, 15) is 18.8 Å². The predicted octanol–water partition coefficient (Wildman–Crippen LogP) is 5.12. The maximum Gasteiger partial charge on any atom is 0.328 e. The molecule has 0 aliphatic heterocycles. The van der Waals surface area contributed by atoms with Gasteiger partial charge >= 0.3 is 11.8 Å². The maximum absolute atomic E-state index is 13.4. The van der Waals surface area contributed by atoms with Crippen molar-refractivity contribution in [2.24, 2.45) is 0 Å². The van der Waals surface area contributed by atoms with Crippen LogP contribution >= 0.6 is 15.9 Å². The van der Waals surface area contributed by atoms with Crippen molar-refractivity contribution in [3.63, 3.8) is 0 Å². The summed E-state index contributed by atoms with van der Waals surface area (Å²) in [6.45, 7) is 3.84. The number of carbonyl (C=O) groups excluding carboxylic acids is 3. The van der Waals surface area contributed by atoms with Gasteiger partial charge in [-0.25, -0.2) is 9.07 Å². The number of hydrogen-bond acceptors (Lipinski definition) is 3. The van der Waals surface area contributed by atoms with Crippen LogP contribution in [-0.2, 0) is 9.59 Å². The third-order valence-electron chi connectivity index (χ3n) is 5.13. The van der Waals surface area contributed by atoms with Gasteiger partial charge in [-0.1, -0.05) is 39.7 Å². The first-order chi connectivity index (χ1) is 16.2. The Bertz CT molecular complexity index is 1450. The van der Waals surface area contributed by atoms with Crippen molar-refractivity contribution in [2.45, 2.75) is 13.8 Å². The molecule has 0 radical (unpaired) electrons. The van der Waals surface area contributed by atoms with E-state index in [1.54, 1.807) is 30.3 Å². The molecule has 0 spiro atoms. The zero-order valence-electron chi connectivity index (χ0n) is 18.3. The molecule has 172 valence electrons. The number of anilines is 2. The third-order valence-corrected chi connectivity index (χ3v) is 5.62. The summed E-state index contributed by atoms with van der Waals surface area (Å²) in [7, 11) is 0. The number of benzene rings is 3. The minimum absolute atomic E-state index is 0.125. The number of amides is 3. The van der Waals surface area contributed by atoms with Gasteiger partial charge in [-0.3, -0.25) is 19.8 Å². The molecule has 0 bridgehead atoms. The molecule has 4 aromatic rings. The Balaban J connectivity index is 1.64. The SMILES string of the molecule is Cc1ccc(NC(=O)c2cc3cc(Br)ccc3n2NC(=O)C(=O)Nc2cccc(F)c2)c(C)c1. The van der Waals surface area contributed by atoms with Gasteiger partial charge in [0.15, 0.2) is 0 Å². The number of nitrogens with one attached hydrogen (secondary N) is 3. The summed E-state index contributed by atoms with van der Waals surface area (Å²) in [4.78, 5) is 38.2. The van der Waals surface area contributed by atoms with Gasteiger partial charge in [-0.05, 0) is 67.9 Å². The van der Waals surface area contributed by atoms with E-state index in [0.29, 0.717) is 16.6 Å². The first kappa shape index (κ1) is 23.2. The van der Waals surface area contributed by atoms with Gasteiger partial charge in [0.1, 0.15) is 11.5 Å². The smallest absolute Gasteiger partial charge is 0.320 e. The molecule has 0 saturated heterocycles. The van der Waals surface area contributed by atoms with Crippen LogP contribution < -0.4 is 16.1 Å². The monoisotopic (exact) mass is 522 g/mol. The first-order valence-electron chi connectivity index (χ1n) is 10.3. The van der Waals surface area contributed by atoms with E-state index in [0.717, 1.165) is 21.7 Å². The van der Waals surface area contributed by atoms with Crippen molar-refractivity contribution < 1.29 is 18.8 Å². The zero-order chi connectivity index (χ0) is 24.4. The number of rotatable bonds is 4. The molecular formula is C25H20BrFN4O3. The van der Waals surface area contributed by atoms with Crippen LogP contribution in [0.15, 0.2) is 71.2 Å². The Kier molecular flexibility index (Phi) is 6.47. The number of halogens is 2. The van der Waals surface area contributed by atoms with Crippen molar-refractivity contribution >= 4 is 55.9 Å². The fourth-order valence-electron chi connectivity index (χ4n) is 3.52. The van der Waals surface area contributed by atoms with E-state index in [1.165, 1.54) is 22.9 Å². The van der Waals surface area contributed by atoms with Crippen LogP contribution in [-0.4, -0.2) is 22.4 Å². The maximum atomic E-state index is 13.4. The van der Waals surface area contributed by atoms with Crippen LogP contribution in [0.2, 0.25) is 0 Å².